The average molecular weight is 278 g/mol. The fraction of sp³-hybridized carbons (Fsp3) is 0.733. The van der Waals surface area contributed by atoms with Crippen LogP contribution in [0, 0.1) is 0 Å². The number of piperidine rings is 1. The fourth-order valence-corrected chi connectivity index (χ4v) is 2.35. The monoisotopic (exact) mass is 278 g/mol. The van der Waals surface area contributed by atoms with Gasteiger partial charge in [0.05, 0.1) is 6.10 Å². The molecule has 1 aliphatic rings. The van der Waals surface area contributed by atoms with Crippen LogP contribution in [0.2, 0.25) is 0 Å². The number of nitrogens with one attached hydrogen (secondary N) is 1. The summed E-state index contributed by atoms with van der Waals surface area (Å²) in [4.78, 5) is 11.0. The predicted octanol–water partition coefficient (Wildman–Crippen LogP) is 2.69. The predicted molar refractivity (Wildman–Crippen MR) is 82.3 cm³/mol. The second-order valence-electron chi connectivity index (χ2n) is 5.51. The summed E-state index contributed by atoms with van der Waals surface area (Å²) in [6, 6.07) is 2.05. The Morgan fingerprint density at radius 3 is 2.80 bits per heavy atom. The number of aromatic nitrogens is 2. The Kier molecular flexibility index (Phi) is 6.05. The molecule has 0 amide bonds. The quantitative estimate of drug-likeness (QED) is 0.777. The molecule has 5 nitrogen and oxygen atoms in total. The third kappa shape index (κ3) is 4.96. The van der Waals surface area contributed by atoms with Crippen molar-refractivity contribution < 1.29 is 4.74 Å². The molecule has 20 heavy (non-hydrogen) atoms. The van der Waals surface area contributed by atoms with Crippen LogP contribution in [-0.2, 0) is 4.74 Å². The molecule has 1 saturated heterocycles. The van der Waals surface area contributed by atoms with E-state index in [0.717, 1.165) is 44.3 Å². The molecule has 0 radical (unpaired) electrons. The van der Waals surface area contributed by atoms with Gasteiger partial charge in [0.1, 0.15) is 18.0 Å². The maximum Gasteiger partial charge on any atom is 0.134 e. The number of anilines is 2. The van der Waals surface area contributed by atoms with E-state index in [4.69, 9.17) is 4.74 Å². The number of hydrogen-bond donors (Lipinski definition) is 1. The van der Waals surface area contributed by atoms with Crippen molar-refractivity contribution in [2.75, 3.05) is 36.5 Å². The van der Waals surface area contributed by atoms with Crippen molar-refractivity contribution in [2.45, 2.75) is 45.6 Å². The van der Waals surface area contributed by atoms with E-state index >= 15 is 0 Å². The number of hydrogen-bond acceptors (Lipinski definition) is 5. The first-order valence-corrected chi connectivity index (χ1v) is 7.68. The van der Waals surface area contributed by atoms with Crippen LogP contribution in [0.5, 0.6) is 0 Å². The van der Waals surface area contributed by atoms with Crippen molar-refractivity contribution in [1.82, 2.24) is 9.97 Å². The van der Waals surface area contributed by atoms with Gasteiger partial charge in [0, 0.05) is 32.3 Å². The van der Waals surface area contributed by atoms with Crippen LogP contribution in [0.25, 0.3) is 0 Å². The minimum atomic E-state index is 0.305. The Labute approximate surface area is 121 Å². The molecule has 1 N–H and O–H groups in total. The zero-order chi connectivity index (χ0) is 14.2. The molecule has 2 heterocycles. The van der Waals surface area contributed by atoms with Crippen LogP contribution in [0.4, 0.5) is 11.6 Å². The number of rotatable bonds is 7. The molecule has 0 saturated carbocycles. The molecule has 0 bridgehead atoms. The minimum Gasteiger partial charge on any atom is -0.379 e. The van der Waals surface area contributed by atoms with Crippen molar-refractivity contribution in [3.05, 3.63) is 12.4 Å². The van der Waals surface area contributed by atoms with Gasteiger partial charge in [0.15, 0.2) is 0 Å². The average Bonchev–Trinajstić information content (AvgIpc) is 2.48. The highest BCUT2D eigenvalue weighted by Crippen LogP contribution is 2.18. The molecule has 0 unspecified atom stereocenters. The van der Waals surface area contributed by atoms with Crippen molar-refractivity contribution in [1.29, 1.82) is 0 Å². The highest BCUT2D eigenvalue weighted by atomic mass is 16.5. The van der Waals surface area contributed by atoms with Crippen LogP contribution in [0.15, 0.2) is 12.4 Å². The van der Waals surface area contributed by atoms with E-state index in [0.29, 0.717) is 6.10 Å². The van der Waals surface area contributed by atoms with E-state index in [-0.39, 0.29) is 0 Å². The van der Waals surface area contributed by atoms with Gasteiger partial charge in [0.2, 0.25) is 0 Å². The maximum atomic E-state index is 5.52. The van der Waals surface area contributed by atoms with Gasteiger partial charge in [-0.3, -0.25) is 0 Å². The Morgan fingerprint density at radius 2 is 2.05 bits per heavy atom. The summed E-state index contributed by atoms with van der Waals surface area (Å²) < 4.78 is 5.52. The maximum absolute atomic E-state index is 5.52. The highest BCUT2D eigenvalue weighted by molar-refractivity contribution is 5.48. The van der Waals surface area contributed by atoms with E-state index < -0.39 is 0 Å². The normalized spacial score (nSPS) is 15.7. The summed E-state index contributed by atoms with van der Waals surface area (Å²) in [6.45, 7) is 8.00. The third-order valence-corrected chi connectivity index (χ3v) is 3.41. The molecule has 0 aliphatic carbocycles. The Morgan fingerprint density at radius 1 is 1.25 bits per heavy atom. The van der Waals surface area contributed by atoms with Crippen molar-refractivity contribution >= 4 is 11.6 Å². The summed E-state index contributed by atoms with van der Waals surface area (Å²) in [5.74, 6) is 1.95. The van der Waals surface area contributed by atoms with Gasteiger partial charge in [-0.2, -0.15) is 0 Å². The third-order valence-electron chi connectivity index (χ3n) is 3.41. The number of ether oxygens (including phenoxy) is 1. The van der Waals surface area contributed by atoms with Crippen LogP contribution in [0.1, 0.15) is 39.5 Å². The fourth-order valence-electron chi connectivity index (χ4n) is 2.35. The topological polar surface area (TPSA) is 50.3 Å². The zero-order valence-electron chi connectivity index (χ0n) is 12.6. The first-order chi connectivity index (χ1) is 9.75. The van der Waals surface area contributed by atoms with Gasteiger partial charge < -0.3 is 15.0 Å². The molecular formula is C15H26N4O. The van der Waals surface area contributed by atoms with Gasteiger partial charge in [-0.25, -0.2) is 9.97 Å². The Bertz CT molecular complexity index is 391. The largest absolute Gasteiger partial charge is 0.379 e. The molecule has 1 aromatic heterocycles. The van der Waals surface area contributed by atoms with Crippen molar-refractivity contribution in [2.24, 2.45) is 0 Å². The second kappa shape index (κ2) is 8.04. The molecule has 112 valence electrons. The van der Waals surface area contributed by atoms with Gasteiger partial charge in [0.25, 0.3) is 0 Å². The first kappa shape index (κ1) is 15.0. The van der Waals surface area contributed by atoms with Crippen molar-refractivity contribution in [3.63, 3.8) is 0 Å². The summed E-state index contributed by atoms with van der Waals surface area (Å²) in [7, 11) is 0. The van der Waals surface area contributed by atoms with Crippen LogP contribution in [0.3, 0.4) is 0 Å². The van der Waals surface area contributed by atoms with Crippen LogP contribution in [-0.4, -0.2) is 42.3 Å². The number of nitrogens with zero attached hydrogens (tertiary/aromatic N) is 3. The summed E-state index contributed by atoms with van der Waals surface area (Å²) in [5, 5.41) is 3.34. The molecule has 0 aromatic carbocycles. The highest BCUT2D eigenvalue weighted by Gasteiger charge is 2.12. The molecular weight excluding hydrogens is 252 g/mol. The Balaban J connectivity index is 1.77. The minimum absolute atomic E-state index is 0.305. The summed E-state index contributed by atoms with van der Waals surface area (Å²) >= 11 is 0. The van der Waals surface area contributed by atoms with E-state index in [1.54, 1.807) is 6.33 Å². The van der Waals surface area contributed by atoms with E-state index in [1.165, 1.54) is 19.3 Å². The molecule has 2 rings (SSSR count). The van der Waals surface area contributed by atoms with Crippen LogP contribution >= 0.6 is 0 Å². The van der Waals surface area contributed by atoms with E-state index in [2.05, 4.69) is 40.1 Å². The van der Waals surface area contributed by atoms with Gasteiger partial charge >= 0.3 is 0 Å². The lowest BCUT2D eigenvalue weighted by atomic mass is 10.1. The lowest BCUT2D eigenvalue weighted by Gasteiger charge is -2.27. The first-order valence-electron chi connectivity index (χ1n) is 7.68. The standard InChI is InChI=1S/C15H26N4O/c1-13(2)20-10-6-7-16-14-11-15(18-12-17-14)19-8-4-3-5-9-19/h11-13H,3-10H2,1-2H3,(H,16,17,18). The van der Waals surface area contributed by atoms with Crippen LogP contribution < -0.4 is 10.2 Å². The SMILES string of the molecule is CC(C)OCCCNc1cc(N2CCCCC2)ncn1. The molecule has 0 spiro atoms. The molecule has 1 fully saturated rings. The zero-order valence-corrected chi connectivity index (χ0v) is 12.6. The summed E-state index contributed by atoms with van der Waals surface area (Å²) in [6.07, 6.45) is 6.80. The van der Waals surface area contributed by atoms with Gasteiger partial charge in [-0.15, -0.1) is 0 Å². The van der Waals surface area contributed by atoms with Gasteiger partial charge in [-0.05, 0) is 39.5 Å². The molecule has 1 aliphatic heterocycles. The lowest BCUT2D eigenvalue weighted by Crippen LogP contribution is -2.30. The summed E-state index contributed by atoms with van der Waals surface area (Å²) in [5.41, 5.74) is 0. The lowest BCUT2D eigenvalue weighted by molar-refractivity contribution is 0.0787. The second-order valence-corrected chi connectivity index (χ2v) is 5.51. The van der Waals surface area contributed by atoms with Crippen molar-refractivity contribution in [3.8, 4) is 0 Å². The Hall–Kier alpha value is -1.36. The molecule has 1 aromatic rings. The molecule has 5 heteroatoms. The van der Waals surface area contributed by atoms with E-state index in [9.17, 15) is 0 Å². The van der Waals surface area contributed by atoms with Gasteiger partial charge in [-0.1, -0.05) is 0 Å². The molecule has 0 atom stereocenters. The smallest absolute Gasteiger partial charge is 0.134 e. The van der Waals surface area contributed by atoms with E-state index in [1.807, 2.05) is 0 Å².